The molecule has 3 aliphatic heterocycles. The fraction of sp³-hybridized carbons (Fsp3) is 0.586. The minimum absolute atomic E-state index is 0. The van der Waals surface area contributed by atoms with Gasteiger partial charge in [-0.05, 0) is 35.4 Å². The third-order valence-electron chi connectivity index (χ3n) is 6.59. The van der Waals surface area contributed by atoms with Crippen molar-refractivity contribution in [1.82, 2.24) is 20.4 Å². The summed E-state index contributed by atoms with van der Waals surface area (Å²) < 4.78 is 135. The average Bonchev–Trinajstić information content (AvgIpc) is 3.02. The van der Waals surface area contributed by atoms with E-state index in [2.05, 4.69) is 56.8 Å². The maximum absolute atomic E-state index is 10.7. The molecule has 14 nitrogen and oxygen atoms in total. The number of hydrogen-bond donors (Lipinski definition) is 3. The number of aliphatic hydroxyl groups is 1. The van der Waals surface area contributed by atoms with Crippen LogP contribution >= 0.6 is 0 Å². The second-order valence-corrected chi connectivity index (χ2v) is 13.2. The van der Waals surface area contributed by atoms with Gasteiger partial charge in [-0.1, -0.05) is 24.3 Å². The van der Waals surface area contributed by atoms with Gasteiger partial charge in [0.25, 0.3) is 0 Å². The van der Waals surface area contributed by atoms with Crippen molar-refractivity contribution in [1.29, 1.82) is 0 Å². The summed E-state index contributed by atoms with van der Waals surface area (Å²) in [6.07, 6.45) is 0. The second-order valence-electron chi connectivity index (χ2n) is 10.5. The molecule has 5 rings (SSSR count). The molecule has 1 radical (unpaired) electrons. The number of benzene rings is 2. The monoisotopic (exact) mass is 847 g/mol. The zero-order valence-corrected chi connectivity index (χ0v) is 30.5. The van der Waals surface area contributed by atoms with E-state index in [0.717, 1.165) is 84.1 Å². The number of fused-ring (bicyclic) bond motifs is 14. The molecule has 0 amide bonds. The van der Waals surface area contributed by atoms with Gasteiger partial charge in [-0.3, -0.25) is 9.80 Å². The molecule has 2 aromatic rings. The summed E-state index contributed by atoms with van der Waals surface area (Å²) in [6.45, 7) is 12.1. The average molecular weight is 848 g/mol. The van der Waals surface area contributed by atoms with Crippen molar-refractivity contribution in [3.05, 3.63) is 59.7 Å². The molecule has 3 N–H and O–H groups in total. The van der Waals surface area contributed by atoms with E-state index in [1.807, 2.05) is 12.1 Å². The zero-order valence-electron chi connectivity index (χ0n) is 27.9. The molecule has 1 saturated heterocycles. The fourth-order valence-electron chi connectivity index (χ4n) is 4.26. The van der Waals surface area contributed by atoms with Crippen LogP contribution in [0.15, 0.2) is 48.5 Å². The van der Waals surface area contributed by atoms with E-state index < -0.39 is 31.3 Å². The molecule has 2 aromatic carbocycles. The van der Waals surface area contributed by atoms with E-state index in [1.54, 1.807) is 0 Å². The smallest absolute Gasteiger partial charge is 0.741 e. The van der Waals surface area contributed by atoms with Gasteiger partial charge in [0.1, 0.15) is 24.7 Å². The number of hydrogen-bond acceptors (Lipinski definition) is 14. The molecule has 3 heterocycles. The van der Waals surface area contributed by atoms with Crippen LogP contribution in [0.3, 0.4) is 0 Å². The molecule has 0 unspecified atom stereocenters. The summed E-state index contributed by atoms with van der Waals surface area (Å²) in [7, 11) is -11.2. The zero-order chi connectivity index (χ0) is 38.6. The Morgan fingerprint density at radius 1 is 0.635 bits per heavy atom. The first-order valence-corrected chi connectivity index (χ1v) is 18.0. The third kappa shape index (κ3) is 21.4. The summed E-state index contributed by atoms with van der Waals surface area (Å²) in [4.78, 5) is 5.03. The van der Waals surface area contributed by atoms with E-state index in [0.29, 0.717) is 26.4 Å². The van der Waals surface area contributed by atoms with Crippen LogP contribution in [-0.4, -0.2) is 138 Å². The number of alkyl halides is 6. The van der Waals surface area contributed by atoms with Crippen LogP contribution in [0.5, 0.6) is 11.5 Å². The standard InChI is InChI=1S/C26H38N4O3.2CHF3O3S.CH4O.Cu/c1-3-23-19-25(5-1)32-17-15-31-16-18-33-26-6-2-4-24(20-26)22-30-13-9-27-7-11-29(21-23)12-8-28-10-14-30;2*2-1(3,4)8(5,6)7;1-2;/h1-6,19-20,27-28H,7-18,21-22H2;2*(H,5,6,7);2H,1H3;/q;;;;+2/p-2. The molecule has 23 heteroatoms. The summed E-state index contributed by atoms with van der Waals surface area (Å²) in [5.41, 5.74) is -8.73. The number of nitrogens with zero attached hydrogens (tertiary/aromatic N) is 2. The molecule has 0 spiro atoms. The van der Waals surface area contributed by atoms with Gasteiger partial charge < -0.3 is 39.1 Å². The Hall–Kier alpha value is -2.28. The van der Waals surface area contributed by atoms with Crippen LogP contribution in [0.2, 0.25) is 0 Å². The normalized spacial score (nSPS) is 19.7. The molecule has 1 fully saturated rings. The van der Waals surface area contributed by atoms with Crippen molar-refractivity contribution < 1.29 is 88.7 Å². The van der Waals surface area contributed by atoms with Gasteiger partial charge in [0.2, 0.25) is 0 Å². The first kappa shape index (κ1) is 49.7. The molecule has 0 aromatic heterocycles. The number of nitrogens with one attached hydrogen (secondary N) is 2. The molecule has 303 valence electrons. The Balaban J connectivity index is 0.00000114. The van der Waals surface area contributed by atoms with Crippen molar-refractivity contribution in [2.45, 2.75) is 24.1 Å². The molecule has 52 heavy (non-hydrogen) atoms. The van der Waals surface area contributed by atoms with Crippen LogP contribution in [0.4, 0.5) is 26.3 Å². The van der Waals surface area contributed by atoms with Crippen LogP contribution in [-0.2, 0) is 55.1 Å². The molecule has 0 atom stereocenters. The summed E-state index contributed by atoms with van der Waals surface area (Å²) >= 11 is 0. The van der Waals surface area contributed by atoms with Gasteiger partial charge in [0.05, 0.1) is 13.2 Å². The van der Waals surface area contributed by atoms with E-state index >= 15 is 0 Å². The van der Waals surface area contributed by atoms with Crippen LogP contribution < -0.4 is 20.1 Å². The number of aliphatic hydroxyl groups excluding tert-OH is 1. The summed E-state index contributed by atoms with van der Waals surface area (Å²) in [5, 5.41) is 14.3. The van der Waals surface area contributed by atoms with Crippen molar-refractivity contribution in [2.24, 2.45) is 0 Å². The van der Waals surface area contributed by atoms with E-state index in [9.17, 15) is 26.3 Å². The van der Waals surface area contributed by atoms with Crippen molar-refractivity contribution in [2.75, 3.05) is 85.9 Å². The van der Waals surface area contributed by atoms with Crippen LogP contribution in [0.25, 0.3) is 0 Å². The molecule has 6 bridgehead atoms. The van der Waals surface area contributed by atoms with Gasteiger partial charge in [-0.15, -0.1) is 0 Å². The summed E-state index contributed by atoms with van der Waals surface area (Å²) in [5.74, 6) is 1.80. The van der Waals surface area contributed by atoms with Gasteiger partial charge in [-0.2, -0.15) is 26.3 Å². The van der Waals surface area contributed by atoms with Gasteiger partial charge in [0.15, 0.2) is 20.2 Å². The van der Waals surface area contributed by atoms with E-state index in [1.165, 1.54) is 11.1 Å². The topological polar surface area (TPSA) is 193 Å². The number of ether oxygens (including phenoxy) is 3. The minimum atomic E-state index is -6.09. The maximum Gasteiger partial charge on any atom is 2.00 e. The molecular formula is C29H42CuF6N4O10S2. The fourth-order valence-corrected chi connectivity index (χ4v) is 4.26. The van der Waals surface area contributed by atoms with Crippen LogP contribution in [0.1, 0.15) is 11.1 Å². The third-order valence-corrected chi connectivity index (χ3v) is 7.72. The number of rotatable bonds is 0. The quantitative estimate of drug-likeness (QED) is 0.114. The summed E-state index contributed by atoms with van der Waals surface area (Å²) in [6, 6.07) is 16.9. The SMILES string of the molecule is CO.O=S(=O)([O-])C(F)(F)F.O=S(=O)([O-])C(F)(F)F.[Cu+2].c1cc2cc(c1)OCCOCCOc1cccc(c1)CN1CCNCCN(CCNCC1)C2. The first-order chi connectivity index (χ1) is 23.8. The molecule has 0 saturated carbocycles. The predicted molar refractivity (Wildman–Crippen MR) is 171 cm³/mol. The van der Waals surface area contributed by atoms with Crippen LogP contribution in [0, 0.1) is 0 Å². The van der Waals surface area contributed by atoms with Gasteiger partial charge >= 0.3 is 28.1 Å². The first-order valence-electron chi connectivity index (χ1n) is 15.2. The largest absolute Gasteiger partial charge is 2.00 e. The minimum Gasteiger partial charge on any atom is -0.741 e. The Kier molecular flexibility index (Phi) is 23.8. The van der Waals surface area contributed by atoms with Crippen molar-refractivity contribution >= 4 is 20.2 Å². The van der Waals surface area contributed by atoms with Crippen molar-refractivity contribution in [3.63, 3.8) is 0 Å². The van der Waals surface area contributed by atoms with E-state index in [4.69, 9.17) is 45.3 Å². The Morgan fingerprint density at radius 3 is 1.23 bits per heavy atom. The molecule has 3 aliphatic rings. The van der Waals surface area contributed by atoms with Gasteiger partial charge in [-0.25, -0.2) is 16.8 Å². The Bertz CT molecular complexity index is 1370. The molecule has 0 aliphatic carbocycles. The van der Waals surface area contributed by atoms with Gasteiger partial charge in [0, 0.05) is 72.6 Å². The maximum atomic E-state index is 10.7. The Morgan fingerprint density at radius 2 is 0.942 bits per heavy atom. The molecular weight excluding hydrogens is 806 g/mol. The van der Waals surface area contributed by atoms with E-state index in [-0.39, 0.29) is 17.1 Å². The Labute approximate surface area is 309 Å². The second kappa shape index (κ2) is 24.9. The number of halogens is 6. The predicted octanol–water partition coefficient (Wildman–Crippen LogP) is 1.68. The van der Waals surface area contributed by atoms with Crippen molar-refractivity contribution in [3.8, 4) is 11.5 Å².